The molecule has 0 fully saturated rings. The van der Waals surface area contributed by atoms with Crippen molar-refractivity contribution in [1.82, 2.24) is 5.16 Å². The van der Waals surface area contributed by atoms with E-state index in [-0.39, 0.29) is 5.88 Å². The number of rotatable bonds is 3. The number of nitrogen functional groups attached to an aromatic ring is 1. The first-order valence-electron chi connectivity index (χ1n) is 5.21. The first-order valence-corrected chi connectivity index (χ1v) is 6.01. The summed E-state index contributed by atoms with van der Waals surface area (Å²) in [7, 11) is 3.16. The number of hydrogen-bond donors (Lipinski definition) is 1. The summed E-state index contributed by atoms with van der Waals surface area (Å²) in [6.07, 6.45) is 1.56. The molecule has 0 aliphatic rings. The number of halogens is 1. The van der Waals surface area contributed by atoms with Gasteiger partial charge in [-0.05, 0) is 34.5 Å². The number of methoxy groups -OCH3 is 2. The fraction of sp³-hybridized carbons (Fsp3) is 0.250. The largest absolute Gasteiger partial charge is 0.492 e. The predicted octanol–water partition coefficient (Wildman–Crippen LogP) is 3.01. The smallest absolute Gasteiger partial charge is 0.230 e. The zero-order valence-electron chi connectivity index (χ0n) is 10.3. The lowest BCUT2D eigenvalue weighted by molar-refractivity contribution is 0.354. The van der Waals surface area contributed by atoms with Crippen molar-refractivity contribution in [2.45, 2.75) is 6.92 Å². The fourth-order valence-electron chi connectivity index (χ4n) is 1.88. The third kappa shape index (κ3) is 1.92. The lowest BCUT2D eigenvalue weighted by Gasteiger charge is -2.16. The molecule has 0 amide bonds. The topological polar surface area (TPSA) is 70.5 Å². The summed E-state index contributed by atoms with van der Waals surface area (Å²) in [4.78, 5) is 0. The number of anilines is 1. The second kappa shape index (κ2) is 4.89. The Balaban J connectivity index is 2.78. The van der Waals surface area contributed by atoms with Crippen molar-refractivity contribution in [1.29, 1.82) is 0 Å². The van der Waals surface area contributed by atoms with E-state index < -0.39 is 0 Å². The standard InChI is InChI=1S/C12H13BrN2O3/c1-6-4-8(13)10(16-2)11(17-3)9(6)7-5-15-18-12(7)14/h4-5H,14H2,1-3H3. The number of ether oxygens (including phenoxy) is 2. The molecule has 0 radical (unpaired) electrons. The summed E-state index contributed by atoms with van der Waals surface area (Å²) in [6.45, 7) is 1.95. The molecule has 0 aliphatic heterocycles. The van der Waals surface area contributed by atoms with E-state index >= 15 is 0 Å². The first kappa shape index (κ1) is 12.8. The second-order valence-electron chi connectivity index (χ2n) is 3.72. The molecule has 2 aromatic rings. The Labute approximate surface area is 113 Å². The van der Waals surface area contributed by atoms with Gasteiger partial charge in [-0.25, -0.2) is 0 Å². The molecule has 6 heteroatoms. The van der Waals surface area contributed by atoms with E-state index in [9.17, 15) is 0 Å². The summed E-state index contributed by atoms with van der Waals surface area (Å²) < 4.78 is 16.5. The highest BCUT2D eigenvalue weighted by Gasteiger charge is 2.21. The number of nitrogens with two attached hydrogens (primary N) is 1. The van der Waals surface area contributed by atoms with Crippen molar-refractivity contribution < 1.29 is 14.0 Å². The van der Waals surface area contributed by atoms with Crippen LogP contribution in [0.5, 0.6) is 11.5 Å². The minimum absolute atomic E-state index is 0.251. The molecule has 0 spiro atoms. The van der Waals surface area contributed by atoms with Gasteiger partial charge >= 0.3 is 0 Å². The third-order valence-electron chi connectivity index (χ3n) is 2.66. The van der Waals surface area contributed by atoms with Crippen molar-refractivity contribution in [3.63, 3.8) is 0 Å². The predicted molar refractivity (Wildman–Crippen MR) is 71.9 cm³/mol. The van der Waals surface area contributed by atoms with Gasteiger partial charge in [-0.2, -0.15) is 0 Å². The van der Waals surface area contributed by atoms with Crippen LogP contribution in [0.4, 0.5) is 5.88 Å². The molecule has 0 aliphatic carbocycles. The van der Waals surface area contributed by atoms with Gasteiger partial charge in [-0.1, -0.05) is 5.16 Å². The van der Waals surface area contributed by atoms with E-state index in [4.69, 9.17) is 19.7 Å². The van der Waals surface area contributed by atoms with E-state index in [1.165, 1.54) is 0 Å². The summed E-state index contributed by atoms with van der Waals surface area (Å²) in [5, 5.41) is 3.68. The summed E-state index contributed by atoms with van der Waals surface area (Å²) >= 11 is 3.44. The number of benzene rings is 1. The van der Waals surface area contributed by atoms with Gasteiger partial charge in [0.1, 0.15) is 0 Å². The molecule has 0 saturated carbocycles. The zero-order chi connectivity index (χ0) is 13.3. The average Bonchev–Trinajstić information content (AvgIpc) is 2.74. The van der Waals surface area contributed by atoms with Gasteiger partial charge in [0.2, 0.25) is 5.88 Å². The minimum atomic E-state index is 0.251. The van der Waals surface area contributed by atoms with E-state index in [1.807, 2.05) is 13.0 Å². The molecule has 2 N–H and O–H groups in total. The normalized spacial score (nSPS) is 10.4. The van der Waals surface area contributed by atoms with Gasteiger partial charge in [0, 0.05) is 5.56 Å². The monoisotopic (exact) mass is 312 g/mol. The Morgan fingerprint density at radius 2 is 1.94 bits per heavy atom. The van der Waals surface area contributed by atoms with Gasteiger partial charge in [-0.15, -0.1) is 0 Å². The highest BCUT2D eigenvalue weighted by atomic mass is 79.9. The second-order valence-corrected chi connectivity index (χ2v) is 4.57. The lowest BCUT2D eigenvalue weighted by Crippen LogP contribution is -1.97. The van der Waals surface area contributed by atoms with Gasteiger partial charge < -0.3 is 19.7 Å². The highest BCUT2D eigenvalue weighted by Crippen LogP contribution is 2.46. The molecule has 2 rings (SSSR count). The van der Waals surface area contributed by atoms with Crippen LogP contribution >= 0.6 is 15.9 Å². The Morgan fingerprint density at radius 3 is 2.44 bits per heavy atom. The van der Waals surface area contributed by atoms with Gasteiger partial charge in [0.25, 0.3) is 0 Å². The molecule has 0 saturated heterocycles. The molecule has 18 heavy (non-hydrogen) atoms. The van der Waals surface area contributed by atoms with Crippen LogP contribution < -0.4 is 15.2 Å². The number of hydrogen-bond acceptors (Lipinski definition) is 5. The van der Waals surface area contributed by atoms with Crippen LogP contribution in [0.1, 0.15) is 5.56 Å². The molecule has 0 unspecified atom stereocenters. The maximum Gasteiger partial charge on any atom is 0.230 e. The van der Waals surface area contributed by atoms with Gasteiger partial charge in [0.15, 0.2) is 11.5 Å². The van der Waals surface area contributed by atoms with Crippen LogP contribution in [0.2, 0.25) is 0 Å². The van der Waals surface area contributed by atoms with Gasteiger partial charge in [0.05, 0.1) is 30.5 Å². The Hall–Kier alpha value is -1.69. The zero-order valence-corrected chi connectivity index (χ0v) is 11.9. The van der Waals surface area contributed by atoms with Crippen molar-refractivity contribution >= 4 is 21.8 Å². The Morgan fingerprint density at radius 1 is 1.28 bits per heavy atom. The molecule has 0 bridgehead atoms. The van der Waals surface area contributed by atoms with Crippen LogP contribution in [-0.2, 0) is 0 Å². The van der Waals surface area contributed by atoms with Gasteiger partial charge in [-0.3, -0.25) is 0 Å². The molecule has 96 valence electrons. The lowest BCUT2D eigenvalue weighted by atomic mass is 10.0. The Bertz CT molecular complexity index is 581. The minimum Gasteiger partial charge on any atom is -0.492 e. The molecular formula is C12H13BrN2O3. The van der Waals surface area contributed by atoms with Crippen molar-refractivity contribution in [2.75, 3.05) is 20.0 Å². The number of aromatic nitrogens is 1. The highest BCUT2D eigenvalue weighted by molar-refractivity contribution is 9.10. The van der Waals surface area contributed by atoms with Crippen LogP contribution in [0.3, 0.4) is 0 Å². The van der Waals surface area contributed by atoms with Crippen LogP contribution in [0, 0.1) is 6.92 Å². The van der Waals surface area contributed by atoms with Crippen molar-refractivity contribution in [3.05, 3.63) is 22.3 Å². The summed E-state index contributed by atoms with van der Waals surface area (Å²) in [5.41, 5.74) is 8.24. The summed E-state index contributed by atoms with van der Waals surface area (Å²) in [5.74, 6) is 1.46. The summed E-state index contributed by atoms with van der Waals surface area (Å²) in [6, 6.07) is 1.93. The molecule has 0 atom stereocenters. The van der Waals surface area contributed by atoms with Crippen molar-refractivity contribution in [3.8, 4) is 22.6 Å². The molecule has 1 aromatic carbocycles. The quantitative estimate of drug-likeness (QED) is 0.943. The average molecular weight is 313 g/mol. The first-order chi connectivity index (χ1) is 8.60. The third-order valence-corrected chi connectivity index (χ3v) is 3.25. The maximum atomic E-state index is 5.76. The maximum absolute atomic E-state index is 5.76. The van der Waals surface area contributed by atoms with Crippen LogP contribution in [0.15, 0.2) is 21.3 Å². The van der Waals surface area contributed by atoms with Crippen LogP contribution in [-0.4, -0.2) is 19.4 Å². The molecule has 1 aromatic heterocycles. The van der Waals surface area contributed by atoms with Crippen molar-refractivity contribution in [2.24, 2.45) is 0 Å². The Kier molecular flexibility index (Phi) is 3.47. The molecule has 5 nitrogen and oxygen atoms in total. The SMILES string of the molecule is COc1c(Br)cc(C)c(-c2cnoc2N)c1OC. The van der Waals surface area contributed by atoms with E-state index in [0.29, 0.717) is 17.1 Å². The van der Waals surface area contributed by atoms with E-state index in [0.717, 1.165) is 15.6 Å². The molecule has 1 heterocycles. The van der Waals surface area contributed by atoms with E-state index in [1.54, 1.807) is 20.4 Å². The fourth-order valence-corrected chi connectivity index (χ4v) is 2.57. The molecular weight excluding hydrogens is 300 g/mol. The number of nitrogens with zero attached hydrogens (tertiary/aromatic N) is 1. The van der Waals surface area contributed by atoms with E-state index in [2.05, 4.69) is 21.1 Å². The van der Waals surface area contributed by atoms with Crippen LogP contribution in [0.25, 0.3) is 11.1 Å². The number of aryl methyl sites for hydroxylation is 1.